The van der Waals surface area contributed by atoms with Crippen LogP contribution in [0.4, 0.5) is 11.4 Å². The van der Waals surface area contributed by atoms with Crippen LogP contribution in [-0.2, 0) is 9.53 Å². The van der Waals surface area contributed by atoms with Gasteiger partial charge in [-0.05, 0) is 32.4 Å². The average Bonchev–Trinajstić information content (AvgIpc) is 2.36. The van der Waals surface area contributed by atoms with Crippen molar-refractivity contribution in [2.24, 2.45) is 5.10 Å². The van der Waals surface area contributed by atoms with E-state index in [9.17, 15) is 14.9 Å². The van der Waals surface area contributed by atoms with E-state index in [2.05, 4.69) is 10.5 Å². The molecule has 0 spiro atoms. The Morgan fingerprint density at radius 2 is 2.21 bits per heavy atom. The molecule has 102 valence electrons. The van der Waals surface area contributed by atoms with Crippen LogP contribution in [0.5, 0.6) is 0 Å². The lowest BCUT2D eigenvalue weighted by atomic mass is 10.2. The summed E-state index contributed by atoms with van der Waals surface area (Å²) in [5, 5.41) is 14.7. The van der Waals surface area contributed by atoms with Crippen LogP contribution < -0.4 is 5.43 Å². The minimum Gasteiger partial charge on any atom is -0.461 e. The Morgan fingerprint density at radius 3 is 2.79 bits per heavy atom. The number of hydrogen-bond donors (Lipinski definition) is 1. The van der Waals surface area contributed by atoms with Crippen LogP contribution in [-0.4, -0.2) is 23.2 Å². The van der Waals surface area contributed by atoms with E-state index in [1.165, 1.54) is 19.1 Å². The number of carbonyl (C=O) groups is 1. The second-order valence-electron chi connectivity index (χ2n) is 3.81. The minimum absolute atomic E-state index is 0.0942. The fraction of sp³-hybridized carbons (Fsp3) is 0.333. The van der Waals surface area contributed by atoms with Gasteiger partial charge in [-0.25, -0.2) is 4.79 Å². The maximum Gasteiger partial charge on any atom is 0.354 e. The molecular formula is C12H15N3O4. The monoisotopic (exact) mass is 265 g/mol. The summed E-state index contributed by atoms with van der Waals surface area (Å²) in [6.45, 7) is 5.15. The van der Waals surface area contributed by atoms with Gasteiger partial charge in [-0.2, -0.15) is 5.10 Å². The quantitative estimate of drug-likeness (QED) is 0.381. The Morgan fingerprint density at radius 1 is 1.53 bits per heavy atom. The SMILES string of the molecule is CCOC(=O)/C(C)=N\Nc1ccc(C)cc1[N+](=O)[O-]. The van der Waals surface area contributed by atoms with Gasteiger partial charge < -0.3 is 4.74 Å². The molecule has 1 aromatic carbocycles. The summed E-state index contributed by atoms with van der Waals surface area (Å²) in [5.74, 6) is -0.565. The Balaban J connectivity index is 2.91. The molecule has 1 N–H and O–H groups in total. The number of carbonyl (C=O) groups excluding carboxylic acids is 1. The number of benzene rings is 1. The Bertz CT molecular complexity index is 526. The smallest absolute Gasteiger partial charge is 0.354 e. The van der Waals surface area contributed by atoms with E-state index >= 15 is 0 Å². The standard InChI is InChI=1S/C12H15N3O4/c1-4-19-12(16)9(3)13-14-10-6-5-8(2)7-11(10)15(17)18/h5-7,14H,4H2,1-3H3/b13-9-. The van der Waals surface area contributed by atoms with Gasteiger partial charge in [0.1, 0.15) is 11.4 Å². The van der Waals surface area contributed by atoms with Gasteiger partial charge in [0.15, 0.2) is 0 Å². The highest BCUT2D eigenvalue weighted by atomic mass is 16.6. The molecule has 0 aromatic heterocycles. The zero-order chi connectivity index (χ0) is 14.4. The van der Waals surface area contributed by atoms with Crippen LogP contribution in [0.15, 0.2) is 23.3 Å². The lowest BCUT2D eigenvalue weighted by Gasteiger charge is -2.04. The van der Waals surface area contributed by atoms with Crippen LogP contribution in [0.3, 0.4) is 0 Å². The minimum atomic E-state index is -0.565. The molecule has 1 rings (SSSR count). The van der Waals surface area contributed by atoms with Crippen molar-refractivity contribution in [2.45, 2.75) is 20.8 Å². The molecule has 0 aliphatic rings. The molecule has 1 aromatic rings. The van der Waals surface area contributed by atoms with E-state index in [1.807, 2.05) is 0 Å². The Hall–Kier alpha value is -2.44. The molecule has 7 nitrogen and oxygen atoms in total. The summed E-state index contributed by atoms with van der Waals surface area (Å²) in [7, 11) is 0. The molecule has 0 saturated heterocycles. The summed E-state index contributed by atoms with van der Waals surface area (Å²) in [5.41, 5.74) is 3.49. The first kappa shape index (κ1) is 14.6. The van der Waals surface area contributed by atoms with Gasteiger partial charge in [-0.1, -0.05) is 6.07 Å². The summed E-state index contributed by atoms with van der Waals surface area (Å²) in [4.78, 5) is 21.7. The van der Waals surface area contributed by atoms with Crippen LogP contribution in [0.1, 0.15) is 19.4 Å². The van der Waals surface area contributed by atoms with E-state index in [0.29, 0.717) is 0 Å². The van der Waals surface area contributed by atoms with Crippen molar-refractivity contribution in [3.63, 3.8) is 0 Å². The third-order valence-corrected chi connectivity index (χ3v) is 2.26. The van der Waals surface area contributed by atoms with Gasteiger partial charge in [0, 0.05) is 6.07 Å². The van der Waals surface area contributed by atoms with Crippen molar-refractivity contribution < 1.29 is 14.5 Å². The van der Waals surface area contributed by atoms with E-state index in [1.54, 1.807) is 19.9 Å². The highest BCUT2D eigenvalue weighted by Crippen LogP contribution is 2.25. The number of nitrogens with one attached hydrogen (secondary N) is 1. The summed E-state index contributed by atoms with van der Waals surface area (Å²) in [6.07, 6.45) is 0. The number of hydrazone groups is 1. The summed E-state index contributed by atoms with van der Waals surface area (Å²) < 4.78 is 4.75. The van der Waals surface area contributed by atoms with Crippen LogP contribution >= 0.6 is 0 Å². The van der Waals surface area contributed by atoms with Crippen molar-refractivity contribution >= 4 is 23.1 Å². The predicted molar refractivity (Wildman–Crippen MR) is 71.2 cm³/mol. The number of rotatable bonds is 5. The highest BCUT2D eigenvalue weighted by Gasteiger charge is 2.14. The maximum atomic E-state index is 11.3. The molecule has 0 fully saturated rings. The van der Waals surface area contributed by atoms with Gasteiger partial charge in [0.2, 0.25) is 0 Å². The first-order chi connectivity index (χ1) is 8.95. The number of nitro benzene ring substituents is 1. The number of ether oxygens (including phenoxy) is 1. The van der Waals surface area contributed by atoms with Crippen molar-refractivity contribution in [1.29, 1.82) is 0 Å². The van der Waals surface area contributed by atoms with E-state index in [4.69, 9.17) is 4.74 Å². The molecule has 7 heteroatoms. The van der Waals surface area contributed by atoms with Gasteiger partial charge in [0.05, 0.1) is 11.5 Å². The topological polar surface area (TPSA) is 93.8 Å². The largest absolute Gasteiger partial charge is 0.461 e. The molecule has 0 aliphatic heterocycles. The molecule has 0 atom stereocenters. The molecule has 0 unspecified atom stereocenters. The zero-order valence-corrected chi connectivity index (χ0v) is 11.0. The molecule has 0 heterocycles. The van der Waals surface area contributed by atoms with Gasteiger partial charge >= 0.3 is 5.97 Å². The molecule has 0 bridgehead atoms. The molecule has 0 saturated carbocycles. The number of esters is 1. The van der Waals surface area contributed by atoms with Crippen LogP contribution in [0.25, 0.3) is 0 Å². The summed E-state index contributed by atoms with van der Waals surface area (Å²) >= 11 is 0. The second-order valence-corrected chi connectivity index (χ2v) is 3.81. The van der Waals surface area contributed by atoms with E-state index in [0.717, 1.165) is 5.56 Å². The van der Waals surface area contributed by atoms with Crippen molar-refractivity contribution in [3.8, 4) is 0 Å². The lowest BCUT2D eigenvalue weighted by molar-refractivity contribution is -0.384. The van der Waals surface area contributed by atoms with Crippen molar-refractivity contribution in [2.75, 3.05) is 12.0 Å². The van der Waals surface area contributed by atoms with Crippen LogP contribution in [0, 0.1) is 17.0 Å². The number of aryl methyl sites for hydroxylation is 1. The number of nitrogens with zero attached hydrogens (tertiary/aromatic N) is 2. The fourth-order valence-electron chi connectivity index (χ4n) is 1.31. The van der Waals surface area contributed by atoms with Gasteiger partial charge in [-0.15, -0.1) is 0 Å². The lowest BCUT2D eigenvalue weighted by Crippen LogP contribution is -2.15. The second kappa shape index (κ2) is 6.48. The molecular weight excluding hydrogens is 250 g/mol. The zero-order valence-electron chi connectivity index (χ0n) is 11.0. The molecule has 0 radical (unpaired) electrons. The number of nitro groups is 1. The number of hydrogen-bond acceptors (Lipinski definition) is 6. The first-order valence-electron chi connectivity index (χ1n) is 5.68. The highest BCUT2D eigenvalue weighted by molar-refractivity contribution is 6.35. The molecule has 0 amide bonds. The summed E-state index contributed by atoms with van der Waals surface area (Å²) in [6, 6.07) is 4.68. The van der Waals surface area contributed by atoms with Crippen molar-refractivity contribution in [3.05, 3.63) is 33.9 Å². The Labute approximate surface area is 110 Å². The molecule has 0 aliphatic carbocycles. The van der Waals surface area contributed by atoms with E-state index < -0.39 is 10.9 Å². The van der Waals surface area contributed by atoms with Gasteiger partial charge in [-0.3, -0.25) is 15.5 Å². The van der Waals surface area contributed by atoms with E-state index in [-0.39, 0.29) is 23.7 Å². The maximum absolute atomic E-state index is 11.3. The number of anilines is 1. The van der Waals surface area contributed by atoms with Gasteiger partial charge in [0.25, 0.3) is 5.69 Å². The third-order valence-electron chi connectivity index (χ3n) is 2.26. The third kappa shape index (κ3) is 4.06. The van der Waals surface area contributed by atoms with Crippen LogP contribution in [0.2, 0.25) is 0 Å². The van der Waals surface area contributed by atoms with Crippen molar-refractivity contribution in [1.82, 2.24) is 0 Å². The normalized spacial score (nSPS) is 11.0. The first-order valence-corrected chi connectivity index (χ1v) is 5.68. The Kier molecular flexibility index (Phi) is 4.99. The predicted octanol–water partition coefficient (Wildman–Crippen LogP) is 2.25. The fourth-order valence-corrected chi connectivity index (χ4v) is 1.31. The molecule has 19 heavy (non-hydrogen) atoms. The average molecular weight is 265 g/mol.